The monoisotopic (exact) mass is 255 g/mol. The van der Waals surface area contributed by atoms with Gasteiger partial charge >= 0.3 is 0 Å². The summed E-state index contributed by atoms with van der Waals surface area (Å²) >= 11 is 5.82. The largest absolute Gasteiger partial charge is 0.489 e. The first-order chi connectivity index (χ1) is 8.11. The summed E-state index contributed by atoms with van der Waals surface area (Å²) in [5.74, 6) is 0.867. The molecule has 2 nitrogen and oxygen atoms in total. The van der Waals surface area contributed by atoms with Gasteiger partial charge in [0.15, 0.2) is 0 Å². The molecule has 0 fully saturated rings. The number of nitrogens with one attached hydrogen (secondary N) is 1. The van der Waals surface area contributed by atoms with Crippen LogP contribution in [0.3, 0.4) is 0 Å². The fourth-order valence-corrected chi connectivity index (χ4v) is 1.82. The molecule has 0 spiro atoms. The number of hydrogen-bond acceptors (Lipinski definition) is 2. The number of rotatable bonds is 7. The highest BCUT2D eigenvalue weighted by Gasteiger charge is 2.06. The lowest BCUT2D eigenvalue weighted by atomic mass is 10.2. The number of ether oxygens (including phenoxy) is 1. The van der Waals surface area contributed by atoms with Crippen LogP contribution in [-0.2, 0) is 0 Å². The molecule has 0 saturated heterocycles. The summed E-state index contributed by atoms with van der Waals surface area (Å²) in [4.78, 5) is 0. The molecule has 0 amide bonds. The molecule has 2 atom stereocenters. The Kier molecular flexibility index (Phi) is 6.38. The van der Waals surface area contributed by atoms with Gasteiger partial charge in [-0.2, -0.15) is 0 Å². The standard InChI is InChI=1S/C14H22ClNO/c1-4-5-11(2)16-10-12(3)17-14-8-6-13(15)7-9-14/h6-9,11-12,16H,4-5,10H2,1-3H3. The second-order valence-corrected chi connectivity index (χ2v) is 4.92. The first-order valence-electron chi connectivity index (χ1n) is 6.27. The molecule has 1 aromatic carbocycles. The maximum Gasteiger partial charge on any atom is 0.119 e. The van der Waals surface area contributed by atoms with Crippen LogP contribution in [0.15, 0.2) is 24.3 Å². The lowest BCUT2D eigenvalue weighted by Crippen LogP contribution is -2.34. The number of benzene rings is 1. The van der Waals surface area contributed by atoms with Crippen molar-refractivity contribution in [2.45, 2.75) is 45.8 Å². The first kappa shape index (κ1) is 14.3. The van der Waals surface area contributed by atoms with Gasteiger partial charge in [0.05, 0.1) is 0 Å². The minimum atomic E-state index is 0.162. The molecule has 0 saturated carbocycles. The summed E-state index contributed by atoms with van der Waals surface area (Å²) in [6, 6.07) is 8.03. The predicted molar refractivity (Wildman–Crippen MR) is 73.9 cm³/mol. The minimum absolute atomic E-state index is 0.162. The molecule has 1 N–H and O–H groups in total. The molecule has 3 heteroatoms. The normalized spacial score (nSPS) is 14.4. The highest BCUT2D eigenvalue weighted by atomic mass is 35.5. The molecular formula is C14H22ClNO. The van der Waals surface area contributed by atoms with E-state index in [0.29, 0.717) is 6.04 Å². The second-order valence-electron chi connectivity index (χ2n) is 4.48. The van der Waals surface area contributed by atoms with Crippen molar-refractivity contribution in [2.75, 3.05) is 6.54 Å². The third-order valence-corrected chi connectivity index (χ3v) is 2.88. The zero-order valence-corrected chi connectivity index (χ0v) is 11.6. The van der Waals surface area contributed by atoms with Crippen LogP contribution >= 0.6 is 11.6 Å². The van der Waals surface area contributed by atoms with Gasteiger partial charge in [-0.15, -0.1) is 0 Å². The van der Waals surface area contributed by atoms with Gasteiger partial charge in [0, 0.05) is 17.6 Å². The minimum Gasteiger partial charge on any atom is -0.489 e. The van der Waals surface area contributed by atoms with Crippen molar-refractivity contribution < 1.29 is 4.74 Å². The Hall–Kier alpha value is -0.730. The van der Waals surface area contributed by atoms with Crippen LogP contribution < -0.4 is 10.1 Å². The Morgan fingerprint density at radius 3 is 2.47 bits per heavy atom. The molecule has 2 unspecified atom stereocenters. The van der Waals surface area contributed by atoms with Gasteiger partial charge in [-0.1, -0.05) is 24.9 Å². The summed E-state index contributed by atoms with van der Waals surface area (Å²) in [6.45, 7) is 7.34. The zero-order valence-electron chi connectivity index (χ0n) is 10.9. The van der Waals surface area contributed by atoms with E-state index in [0.717, 1.165) is 17.3 Å². The topological polar surface area (TPSA) is 21.3 Å². The van der Waals surface area contributed by atoms with Crippen LogP contribution in [0.1, 0.15) is 33.6 Å². The highest BCUT2D eigenvalue weighted by Crippen LogP contribution is 2.16. The van der Waals surface area contributed by atoms with Crippen molar-refractivity contribution in [3.8, 4) is 5.75 Å². The summed E-state index contributed by atoms with van der Waals surface area (Å²) in [5, 5.41) is 4.20. The number of halogens is 1. The van der Waals surface area contributed by atoms with Crippen molar-refractivity contribution in [1.29, 1.82) is 0 Å². The van der Waals surface area contributed by atoms with E-state index in [2.05, 4.69) is 26.1 Å². The molecule has 0 bridgehead atoms. The van der Waals surface area contributed by atoms with Gasteiger partial charge < -0.3 is 10.1 Å². The average molecular weight is 256 g/mol. The average Bonchev–Trinajstić information content (AvgIpc) is 2.30. The van der Waals surface area contributed by atoms with E-state index >= 15 is 0 Å². The Labute approximate surface area is 109 Å². The second kappa shape index (κ2) is 7.57. The third-order valence-electron chi connectivity index (χ3n) is 2.63. The first-order valence-corrected chi connectivity index (χ1v) is 6.65. The summed E-state index contributed by atoms with van der Waals surface area (Å²) < 4.78 is 5.78. The van der Waals surface area contributed by atoms with Crippen LogP contribution in [0.5, 0.6) is 5.75 Å². The van der Waals surface area contributed by atoms with Gasteiger partial charge in [0.1, 0.15) is 11.9 Å². The Balaban J connectivity index is 2.29. The lowest BCUT2D eigenvalue weighted by Gasteiger charge is -2.18. The van der Waals surface area contributed by atoms with Crippen LogP contribution in [0.4, 0.5) is 0 Å². The van der Waals surface area contributed by atoms with Crippen molar-refractivity contribution in [1.82, 2.24) is 5.32 Å². The van der Waals surface area contributed by atoms with Gasteiger partial charge in [-0.05, 0) is 44.5 Å². The smallest absolute Gasteiger partial charge is 0.119 e. The Bertz CT molecular complexity index is 313. The third kappa shape index (κ3) is 5.94. The molecule has 0 aliphatic heterocycles. The molecular weight excluding hydrogens is 234 g/mol. The van der Waals surface area contributed by atoms with Gasteiger partial charge in [-0.3, -0.25) is 0 Å². The molecule has 96 valence electrons. The van der Waals surface area contributed by atoms with Crippen LogP contribution in [0, 0.1) is 0 Å². The van der Waals surface area contributed by atoms with Crippen LogP contribution in [0.2, 0.25) is 5.02 Å². The lowest BCUT2D eigenvalue weighted by molar-refractivity contribution is 0.211. The van der Waals surface area contributed by atoms with Gasteiger partial charge in [0.25, 0.3) is 0 Å². The van der Waals surface area contributed by atoms with E-state index in [4.69, 9.17) is 16.3 Å². The highest BCUT2D eigenvalue weighted by molar-refractivity contribution is 6.30. The van der Waals surface area contributed by atoms with Crippen LogP contribution in [-0.4, -0.2) is 18.7 Å². The Morgan fingerprint density at radius 1 is 1.24 bits per heavy atom. The quantitative estimate of drug-likeness (QED) is 0.798. The molecule has 1 aromatic rings. The van der Waals surface area contributed by atoms with Gasteiger partial charge in [0.2, 0.25) is 0 Å². The fraction of sp³-hybridized carbons (Fsp3) is 0.571. The Morgan fingerprint density at radius 2 is 1.88 bits per heavy atom. The molecule has 0 aromatic heterocycles. The van der Waals surface area contributed by atoms with Crippen molar-refractivity contribution >= 4 is 11.6 Å². The van der Waals surface area contributed by atoms with Crippen molar-refractivity contribution in [3.63, 3.8) is 0 Å². The molecule has 0 aliphatic carbocycles. The maximum atomic E-state index is 5.82. The van der Waals surface area contributed by atoms with E-state index in [-0.39, 0.29) is 6.10 Å². The van der Waals surface area contributed by atoms with E-state index in [1.807, 2.05) is 24.3 Å². The maximum absolute atomic E-state index is 5.82. The van der Waals surface area contributed by atoms with Crippen molar-refractivity contribution in [3.05, 3.63) is 29.3 Å². The summed E-state index contributed by atoms with van der Waals surface area (Å²) in [5.41, 5.74) is 0. The van der Waals surface area contributed by atoms with Crippen molar-refractivity contribution in [2.24, 2.45) is 0 Å². The van der Waals surface area contributed by atoms with Gasteiger partial charge in [-0.25, -0.2) is 0 Å². The molecule has 0 heterocycles. The summed E-state index contributed by atoms with van der Waals surface area (Å²) in [7, 11) is 0. The fourth-order valence-electron chi connectivity index (χ4n) is 1.69. The van der Waals surface area contributed by atoms with E-state index < -0.39 is 0 Å². The number of hydrogen-bond donors (Lipinski definition) is 1. The molecule has 1 rings (SSSR count). The van der Waals surface area contributed by atoms with E-state index in [1.54, 1.807) is 0 Å². The van der Waals surface area contributed by atoms with Crippen LogP contribution in [0.25, 0.3) is 0 Å². The van der Waals surface area contributed by atoms with E-state index in [9.17, 15) is 0 Å². The summed E-state index contributed by atoms with van der Waals surface area (Å²) in [6.07, 6.45) is 2.57. The zero-order chi connectivity index (χ0) is 12.7. The van der Waals surface area contributed by atoms with E-state index in [1.165, 1.54) is 12.8 Å². The molecule has 0 radical (unpaired) electrons. The molecule has 17 heavy (non-hydrogen) atoms. The molecule has 0 aliphatic rings. The predicted octanol–water partition coefficient (Wildman–Crippen LogP) is 3.89. The SMILES string of the molecule is CCCC(C)NCC(C)Oc1ccc(Cl)cc1.